The number of rotatable bonds is 6. The topological polar surface area (TPSA) is 60.2 Å². The smallest absolute Gasteiger partial charge is 0.176 e. The van der Waals surface area contributed by atoms with Crippen LogP contribution in [0.4, 0.5) is 0 Å². The zero-order chi connectivity index (χ0) is 13.8. The molecule has 0 heterocycles. The quantitative estimate of drug-likeness (QED) is 0.648. The van der Waals surface area contributed by atoms with Crippen LogP contribution in [0, 0.1) is 0 Å². The highest BCUT2D eigenvalue weighted by Gasteiger charge is 2.17. The van der Waals surface area contributed by atoms with Crippen LogP contribution < -0.4 is 5.73 Å². The van der Waals surface area contributed by atoms with Gasteiger partial charge in [0.25, 0.3) is 0 Å². The lowest BCUT2D eigenvalue weighted by Gasteiger charge is -2.11. The first-order chi connectivity index (χ1) is 8.40. The second-order valence-electron chi connectivity index (χ2n) is 4.13. The van der Waals surface area contributed by atoms with E-state index in [0.717, 1.165) is 24.8 Å². The molecule has 0 atom stereocenters. The van der Waals surface area contributed by atoms with Crippen molar-refractivity contribution in [2.75, 3.05) is 19.1 Å². The van der Waals surface area contributed by atoms with E-state index in [2.05, 4.69) is 0 Å². The summed E-state index contributed by atoms with van der Waals surface area (Å²) < 4.78 is 23.5. The molecular weight excluding hydrogens is 290 g/mol. The maximum Gasteiger partial charge on any atom is 0.176 e. The zero-order valence-electron chi connectivity index (χ0n) is 10.6. The molecule has 1 rings (SSSR count). The summed E-state index contributed by atoms with van der Waals surface area (Å²) in [7, 11) is -3.25. The summed E-state index contributed by atoms with van der Waals surface area (Å²) in [6.45, 7) is 0.648. The third kappa shape index (κ3) is 4.16. The Morgan fingerprint density at radius 2 is 2.00 bits per heavy atom. The fraction of sp³-hybridized carbons (Fsp3) is 0.500. The van der Waals surface area contributed by atoms with Crippen LogP contribution in [0.15, 0.2) is 21.9 Å². The lowest BCUT2D eigenvalue weighted by atomic mass is 10.1. The van der Waals surface area contributed by atoms with Crippen molar-refractivity contribution in [2.24, 2.45) is 5.73 Å². The highest BCUT2D eigenvalue weighted by atomic mass is 35.5. The minimum Gasteiger partial charge on any atom is -0.330 e. The third-order valence-electron chi connectivity index (χ3n) is 2.59. The van der Waals surface area contributed by atoms with Crippen LogP contribution in [-0.2, 0) is 16.3 Å². The summed E-state index contributed by atoms with van der Waals surface area (Å²) in [6.07, 6.45) is 5.70. The molecular formula is C12H18ClNO2S2. The summed E-state index contributed by atoms with van der Waals surface area (Å²) in [5, 5.41) is 0.508. The van der Waals surface area contributed by atoms with Crippen LogP contribution in [0.2, 0.25) is 5.02 Å². The maximum atomic E-state index is 11.8. The number of aryl methyl sites for hydroxylation is 1. The van der Waals surface area contributed by atoms with Gasteiger partial charge in [-0.25, -0.2) is 8.42 Å². The lowest BCUT2D eigenvalue weighted by Crippen LogP contribution is -2.03. The van der Waals surface area contributed by atoms with E-state index in [9.17, 15) is 8.42 Å². The van der Waals surface area contributed by atoms with Gasteiger partial charge >= 0.3 is 0 Å². The molecule has 0 aromatic heterocycles. The molecule has 1 aromatic rings. The number of benzene rings is 1. The van der Waals surface area contributed by atoms with Crippen LogP contribution in [0.1, 0.15) is 18.4 Å². The molecule has 0 radical (unpaired) electrons. The first-order valence-corrected chi connectivity index (χ1v) is 9.16. The normalized spacial score (nSPS) is 11.8. The molecule has 2 N–H and O–H groups in total. The standard InChI is InChI=1S/C12H18ClNO2S2/c1-17-12-10(13)7-9(5-3-4-6-14)8-11(12)18(2,15)16/h7-8H,3-6,14H2,1-2H3. The van der Waals surface area contributed by atoms with Gasteiger partial charge in [-0.2, -0.15) is 0 Å². The first kappa shape index (κ1) is 15.8. The zero-order valence-corrected chi connectivity index (χ0v) is 13.0. The van der Waals surface area contributed by atoms with Gasteiger partial charge in [0.2, 0.25) is 0 Å². The predicted octanol–water partition coefficient (Wildman–Crippen LogP) is 2.75. The number of nitrogens with two attached hydrogens (primary N) is 1. The summed E-state index contributed by atoms with van der Waals surface area (Å²) >= 11 is 7.50. The molecule has 0 bridgehead atoms. The van der Waals surface area contributed by atoms with Crippen LogP contribution in [0.3, 0.4) is 0 Å². The maximum absolute atomic E-state index is 11.8. The average molecular weight is 308 g/mol. The Morgan fingerprint density at radius 1 is 1.33 bits per heavy atom. The van der Waals surface area contributed by atoms with Crippen LogP contribution in [0.5, 0.6) is 0 Å². The Balaban J connectivity index is 3.15. The Bertz CT molecular complexity index is 515. The Hall–Kier alpha value is -0.230. The SMILES string of the molecule is CSc1c(Cl)cc(CCCCN)cc1S(C)(=O)=O. The van der Waals surface area contributed by atoms with E-state index in [1.54, 1.807) is 6.07 Å². The van der Waals surface area contributed by atoms with Crippen molar-refractivity contribution in [2.45, 2.75) is 29.1 Å². The largest absolute Gasteiger partial charge is 0.330 e. The van der Waals surface area contributed by atoms with Gasteiger partial charge in [0.1, 0.15) is 0 Å². The summed E-state index contributed by atoms with van der Waals surface area (Å²) in [5.74, 6) is 0. The molecule has 0 aliphatic heterocycles. The van der Waals surface area contributed by atoms with Crippen LogP contribution in [0.25, 0.3) is 0 Å². The number of unbranched alkanes of at least 4 members (excludes halogenated alkanes) is 1. The second kappa shape index (κ2) is 6.80. The van der Waals surface area contributed by atoms with Crippen LogP contribution in [-0.4, -0.2) is 27.5 Å². The van der Waals surface area contributed by atoms with Gasteiger partial charge in [0.05, 0.1) is 9.92 Å². The molecule has 0 fully saturated rings. The van der Waals surface area contributed by atoms with E-state index in [1.807, 2.05) is 12.3 Å². The van der Waals surface area contributed by atoms with Crippen molar-refractivity contribution < 1.29 is 8.42 Å². The summed E-state index contributed by atoms with van der Waals surface area (Å²) in [5.41, 5.74) is 6.39. The van der Waals surface area contributed by atoms with Gasteiger partial charge < -0.3 is 5.73 Å². The van der Waals surface area contributed by atoms with Crippen molar-refractivity contribution in [3.05, 3.63) is 22.7 Å². The van der Waals surface area contributed by atoms with Crippen molar-refractivity contribution in [1.29, 1.82) is 0 Å². The van der Waals surface area contributed by atoms with Crippen molar-refractivity contribution >= 4 is 33.2 Å². The van der Waals surface area contributed by atoms with Gasteiger partial charge in [-0.15, -0.1) is 11.8 Å². The summed E-state index contributed by atoms with van der Waals surface area (Å²) in [6, 6.07) is 3.57. The van der Waals surface area contributed by atoms with E-state index >= 15 is 0 Å². The van der Waals surface area contributed by atoms with Gasteiger partial charge in [-0.1, -0.05) is 11.6 Å². The fourth-order valence-electron chi connectivity index (χ4n) is 1.71. The van der Waals surface area contributed by atoms with E-state index in [0.29, 0.717) is 21.4 Å². The number of sulfone groups is 1. The number of thioether (sulfide) groups is 1. The third-order valence-corrected chi connectivity index (χ3v) is 5.10. The number of hydrogen-bond acceptors (Lipinski definition) is 4. The van der Waals surface area contributed by atoms with Gasteiger partial charge in [-0.05, 0) is 49.8 Å². The predicted molar refractivity (Wildman–Crippen MR) is 78.3 cm³/mol. The molecule has 0 saturated heterocycles. The molecule has 0 aliphatic rings. The Labute approximate surface area is 118 Å². The van der Waals surface area contributed by atoms with E-state index in [1.165, 1.54) is 18.0 Å². The van der Waals surface area contributed by atoms with Gasteiger partial charge in [0.15, 0.2) is 9.84 Å². The van der Waals surface area contributed by atoms with Gasteiger partial charge in [0, 0.05) is 11.2 Å². The minimum absolute atomic E-state index is 0.324. The number of halogens is 1. The van der Waals surface area contributed by atoms with Crippen molar-refractivity contribution in [3.63, 3.8) is 0 Å². The fourth-order valence-corrected chi connectivity index (χ4v) is 4.27. The van der Waals surface area contributed by atoms with Crippen molar-refractivity contribution in [3.8, 4) is 0 Å². The lowest BCUT2D eigenvalue weighted by molar-refractivity contribution is 0.599. The molecule has 18 heavy (non-hydrogen) atoms. The highest BCUT2D eigenvalue weighted by molar-refractivity contribution is 7.99. The van der Waals surface area contributed by atoms with E-state index in [-0.39, 0.29) is 0 Å². The molecule has 0 amide bonds. The second-order valence-corrected chi connectivity index (χ2v) is 7.33. The molecule has 0 saturated carbocycles. The molecule has 0 unspecified atom stereocenters. The highest BCUT2D eigenvalue weighted by Crippen LogP contribution is 2.33. The monoisotopic (exact) mass is 307 g/mol. The molecule has 0 aliphatic carbocycles. The van der Waals surface area contributed by atoms with E-state index < -0.39 is 9.84 Å². The minimum atomic E-state index is -3.25. The van der Waals surface area contributed by atoms with Crippen molar-refractivity contribution in [1.82, 2.24) is 0 Å². The summed E-state index contributed by atoms with van der Waals surface area (Å²) in [4.78, 5) is 0.951. The molecule has 1 aromatic carbocycles. The average Bonchev–Trinajstić information content (AvgIpc) is 2.27. The van der Waals surface area contributed by atoms with E-state index in [4.69, 9.17) is 17.3 Å². The molecule has 3 nitrogen and oxygen atoms in total. The Kier molecular flexibility index (Phi) is 5.98. The number of hydrogen-bond donors (Lipinski definition) is 1. The Morgan fingerprint density at radius 3 is 2.50 bits per heavy atom. The van der Waals surface area contributed by atoms with Crippen LogP contribution >= 0.6 is 23.4 Å². The first-order valence-electron chi connectivity index (χ1n) is 5.66. The van der Waals surface area contributed by atoms with Gasteiger partial charge in [-0.3, -0.25) is 0 Å². The molecule has 6 heteroatoms. The molecule has 102 valence electrons. The molecule has 0 spiro atoms.